The molecule has 1 heterocycles. The van der Waals surface area contributed by atoms with Crippen molar-refractivity contribution in [1.29, 1.82) is 0 Å². The zero-order valence-corrected chi connectivity index (χ0v) is 11.9. The highest BCUT2D eigenvalue weighted by Crippen LogP contribution is 2.49. The van der Waals surface area contributed by atoms with Gasteiger partial charge in [0.1, 0.15) is 6.29 Å². The highest BCUT2D eigenvalue weighted by Gasteiger charge is 2.47. The molecule has 102 valence electrons. The van der Waals surface area contributed by atoms with Gasteiger partial charge in [-0.2, -0.15) is 0 Å². The van der Waals surface area contributed by atoms with Crippen LogP contribution in [-0.2, 0) is 31.8 Å². The smallest absolute Gasteiger partial charge is 0.356 e. The van der Waals surface area contributed by atoms with E-state index in [2.05, 4.69) is 5.16 Å². The number of carbonyl (C=O) groups is 1. The summed E-state index contributed by atoms with van der Waals surface area (Å²) >= 11 is 0.549. The Bertz CT molecular complexity index is 674. The van der Waals surface area contributed by atoms with Crippen LogP contribution in [0.25, 0.3) is 11.3 Å². The van der Waals surface area contributed by atoms with Gasteiger partial charge in [0.2, 0.25) is 0 Å². The molecule has 0 unspecified atom stereocenters. The molecule has 0 atom stereocenters. The monoisotopic (exact) mass is 288 g/mol. The van der Waals surface area contributed by atoms with Crippen molar-refractivity contribution in [3.63, 3.8) is 0 Å². The maximum atomic E-state index is 11.3. The molecule has 5 heteroatoms. The summed E-state index contributed by atoms with van der Waals surface area (Å²) in [5.74, 6) is 1.06. The van der Waals surface area contributed by atoms with Gasteiger partial charge >= 0.3 is 11.7 Å². The van der Waals surface area contributed by atoms with Crippen molar-refractivity contribution >= 4 is 18.0 Å². The van der Waals surface area contributed by atoms with Gasteiger partial charge < -0.3 is 9.32 Å². The van der Waals surface area contributed by atoms with E-state index in [1.54, 1.807) is 6.20 Å². The number of benzene rings is 1. The summed E-state index contributed by atoms with van der Waals surface area (Å²) in [6, 6.07) is 5.86. The van der Waals surface area contributed by atoms with Gasteiger partial charge in [-0.3, -0.25) is 0 Å². The first-order valence-corrected chi connectivity index (χ1v) is 7.37. The summed E-state index contributed by atoms with van der Waals surface area (Å²) in [7, 11) is 0. The highest BCUT2D eigenvalue weighted by molar-refractivity contribution is 7.64. The molecule has 0 spiro atoms. The molecule has 20 heavy (non-hydrogen) atoms. The quantitative estimate of drug-likeness (QED) is 0.627. The first-order chi connectivity index (χ1) is 9.70. The molecule has 0 radical (unpaired) electrons. The molecule has 1 aliphatic carbocycles. The van der Waals surface area contributed by atoms with Gasteiger partial charge in [-0.05, 0) is 31.4 Å². The lowest BCUT2D eigenvalue weighted by Gasteiger charge is -2.07. The fourth-order valence-corrected chi connectivity index (χ4v) is 2.86. The highest BCUT2D eigenvalue weighted by atomic mass is 32.1. The minimum atomic E-state index is -0.409. The molecule has 0 aliphatic heterocycles. The number of nitrogens with zero attached hydrogens (tertiary/aromatic N) is 1. The van der Waals surface area contributed by atoms with Crippen molar-refractivity contribution in [3.8, 4) is 11.3 Å². The maximum Gasteiger partial charge on any atom is 0.463 e. The molecular formula is C15H14NO3S+. The lowest BCUT2D eigenvalue weighted by molar-refractivity contribution is -0.109. The molecule has 1 saturated carbocycles. The minimum absolute atomic E-state index is 0.409. The molecule has 1 aromatic carbocycles. The molecule has 0 amide bonds. The van der Waals surface area contributed by atoms with E-state index in [0.29, 0.717) is 23.2 Å². The second kappa shape index (κ2) is 4.90. The van der Waals surface area contributed by atoms with E-state index in [0.717, 1.165) is 41.4 Å². The van der Waals surface area contributed by atoms with Crippen LogP contribution in [0.2, 0.25) is 0 Å². The van der Waals surface area contributed by atoms with Gasteiger partial charge in [0.15, 0.2) is 5.76 Å². The molecule has 3 rings (SSSR count). The predicted molar refractivity (Wildman–Crippen MR) is 75.4 cm³/mol. The fraction of sp³-hybridized carbons (Fsp3) is 0.333. The average Bonchev–Trinajstić information content (AvgIpc) is 3.10. The Morgan fingerprint density at radius 2 is 2.25 bits per heavy atom. The van der Waals surface area contributed by atoms with Gasteiger partial charge in [-0.1, -0.05) is 17.3 Å². The lowest BCUT2D eigenvalue weighted by Crippen LogP contribution is -2.07. The van der Waals surface area contributed by atoms with E-state index in [1.165, 1.54) is 0 Å². The second-order valence-corrected chi connectivity index (χ2v) is 5.77. The zero-order chi connectivity index (χ0) is 14.2. The van der Waals surface area contributed by atoms with Gasteiger partial charge in [0.25, 0.3) is 5.75 Å². The Morgan fingerprint density at radius 1 is 1.45 bits per heavy atom. The molecule has 1 fully saturated rings. The van der Waals surface area contributed by atoms with Gasteiger partial charge in [-0.25, -0.2) is 0 Å². The molecule has 0 N–H and O–H groups in total. The van der Waals surface area contributed by atoms with E-state index in [-0.39, 0.29) is 0 Å². The maximum absolute atomic E-state index is 11.3. The Kier molecular flexibility index (Phi) is 3.22. The predicted octanol–water partition coefficient (Wildman–Crippen LogP) is 2.81. The Balaban J connectivity index is 2.06. The van der Waals surface area contributed by atoms with Crippen LogP contribution in [0, 0.1) is 6.92 Å². The second-order valence-electron chi connectivity index (χ2n) is 5.25. The van der Waals surface area contributed by atoms with E-state index in [4.69, 9.17) is 4.52 Å². The van der Waals surface area contributed by atoms with E-state index >= 15 is 0 Å². The fourth-order valence-electron chi connectivity index (χ4n) is 2.42. The molecule has 2 aromatic rings. The van der Waals surface area contributed by atoms with Crippen molar-refractivity contribution < 1.29 is 13.5 Å². The number of aryl methyl sites for hydroxylation is 1. The van der Waals surface area contributed by atoms with Gasteiger partial charge in [-0.15, -0.1) is 0 Å². The Labute approximate surface area is 120 Å². The molecule has 4 nitrogen and oxygen atoms in total. The van der Waals surface area contributed by atoms with Crippen molar-refractivity contribution in [2.45, 2.75) is 30.9 Å². The summed E-state index contributed by atoms with van der Waals surface area (Å²) in [4.78, 5) is 11.3. The summed E-state index contributed by atoms with van der Waals surface area (Å²) in [6.45, 7) is 1.98. The van der Waals surface area contributed by atoms with Crippen LogP contribution in [0.4, 0.5) is 0 Å². The molecule has 0 bridgehead atoms. The van der Waals surface area contributed by atoms with Crippen LogP contribution in [0.15, 0.2) is 28.9 Å². The summed E-state index contributed by atoms with van der Waals surface area (Å²) in [5.41, 5.74) is 3.39. The Hall–Kier alpha value is -1.88. The van der Waals surface area contributed by atoms with Crippen LogP contribution >= 0.6 is 0 Å². The van der Waals surface area contributed by atoms with Crippen molar-refractivity contribution in [3.05, 3.63) is 41.1 Å². The zero-order valence-electron chi connectivity index (χ0n) is 11.1. The Morgan fingerprint density at radius 3 is 2.90 bits per heavy atom. The molecular weight excluding hydrogens is 274 g/mol. The topological polar surface area (TPSA) is 60.2 Å². The summed E-state index contributed by atoms with van der Waals surface area (Å²) < 4.78 is 16.1. The number of hydrogen-bond acceptors (Lipinski definition) is 4. The number of carbonyl (C=O) groups excluding carboxylic acids is 1. The first kappa shape index (κ1) is 13.1. The first-order valence-electron chi connectivity index (χ1n) is 6.46. The summed E-state index contributed by atoms with van der Waals surface area (Å²) in [6.07, 6.45) is 4.32. The third-order valence-corrected chi connectivity index (χ3v) is 4.38. The number of hydrogen-bond donors (Lipinski definition) is 0. The normalized spacial score (nSPS) is 15.8. The minimum Gasteiger partial charge on any atom is -0.356 e. The molecule has 1 aliphatic rings. The van der Waals surface area contributed by atoms with Crippen LogP contribution in [-0.4, -0.2) is 11.4 Å². The van der Waals surface area contributed by atoms with Crippen LogP contribution in [0.1, 0.15) is 29.5 Å². The van der Waals surface area contributed by atoms with E-state index in [9.17, 15) is 9.00 Å². The molecule has 1 aromatic heterocycles. The largest absolute Gasteiger partial charge is 0.463 e. The standard InChI is InChI=1S/C15H14NO3S/c1-10-2-3-11(6-12(10)8-20-18)14-13(7-16-19-14)15(9-17)4-5-15/h2-3,6-7,9H,4-5,8H2,1H3/q+1. The van der Waals surface area contributed by atoms with Crippen molar-refractivity contribution in [2.75, 3.05) is 0 Å². The van der Waals surface area contributed by atoms with Crippen LogP contribution < -0.4 is 0 Å². The molecule has 0 saturated heterocycles. The van der Waals surface area contributed by atoms with Gasteiger partial charge in [0.05, 0.1) is 11.6 Å². The number of aromatic nitrogens is 1. The van der Waals surface area contributed by atoms with E-state index < -0.39 is 5.41 Å². The average molecular weight is 288 g/mol. The lowest BCUT2D eigenvalue weighted by atomic mass is 9.94. The third-order valence-electron chi connectivity index (χ3n) is 3.95. The van der Waals surface area contributed by atoms with Crippen LogP contribution in [0.5, 0.6) is 0 Å². The van der Waals surface area contributed by atoms with Crippen molar-refractivity contribution in [2.24, 2.45) is 0 Å². The SMILES string of the molecule is Cc1ccc(-c2oncc2C2(C=O)CC2)cc1C[S+]=O. The number of rotatable bonds is 5. The van der Waals surface area contributed by atoms with E-state index in [1.807, 2.05) is 25.1 Å². The van der Waals surface area contributed by atoms with Gasteiger partial charge in [0, 0.05) is 20.9 Å². The summed E-state index contributed by atoms with van der Waals surface area (Å²) in [5, 5.41) is 3.85. The number of aldehydes is 1. The third kappa shape index (κ3) is 2.08. The van der Waals surface area contributed by atoms with Crippen molar-refractivity contribution in [1.82, 2.24) is 5.16 Å². The van der Waals surface area contributed by atoms with Crippen LogP contribution in [0.3, 0.4) is 0 Å².